The third kappa shape index (κ3) is 2.46. The zero-order valence-electron chi connectivity index (χ0n) is 16.1. The number of aryl methyl sites for hydroxylation is 1. The second-order valence-electron chi connectivity index (χ2n) is 7.74. The van der Waals surface area contributed by atoms with Gasteiger partial charge in [0.05, 0.1) is 0 Å². The largest absolute Gasteiger partial charge is 0.354 e. The van der Waals surface area contributed by atoms with Crippen molar-refractivity contribution in [2.45, 2.75) is 25.8 Å². The maximum absolute atomic E-state index is 2.62. The van der Waals surface area contributed by atoms with Gasteiger partial charge >= 0.3 is 0 Å². The fourth-order valence-electron chi connectivity index (χ4n) is 4.75. The first-order valence-corrected chi connectivity index (χ1v) is 9.60. The van der Waals surface area contributed by atoms with E-state index in [0.717, 1.165) is 6.54 Å². The molecule has 0 saturated heterocycles. The van der Waals surface area contributed by atoms with Gasteiger partial charge in [0.1, 0.15) is 12.3 Å². The smallest absolute Gasteiger partial charge is 0.112 e. The first-order chi connectivity index (χ1) is 13.1. The highest BCUT2D eigenvalue weighted by molar-refractivity contribution is 5.68. The van der Waals surface area contributed by atoms with Gasteiger partial charge in [0.15, 0.2) is 0 Å². The standard InChI is InChI=1S/C24H25N3/c1-17-12-14-18(15-13-17)16-27-23-20-9-5-7-11-22(20)26(3)24(27)19-8-4-6-10-21(19)25(23)2/h4-15,23-24H,16H2,1-3H3. The molecule has 3 nitrogen and oxygen atoms in total. The Balaban J connectivity index is 1.67. The summed E-state index contributed by atoms with van der Waals surface area (Å²) in [6.45, 7) is 3.07. The normalized spacial score (nSPS) is 21.0. The molecule has 3 aromatic rings. The number of rotatable bonds is 2. The molecule has 27 heavy (non-hydrogen) atoms. The highest BCUT2D eigenvalue weighted by Gasteiger charge is 2.45. The van der Waals surface area contributed by atoms with Gasteiger partial charge in [-0.15, -0.1) is 0 Å². The minimum absolute atomic E-state index is 0.235. The van der Waals surface area contributed by atoms with Crippen LogP contribution in [0, 0.1) is 6.92 Å². The van der Waals surface area contributed by atoms with E-state index < -0.39 is 0 Å². The Morgan fingerprint density at radius 2 is 1.15 bits per heavy atom. The summed E-state index contributed by atoms with van der Waals surface area (Å²) in [4.78, 5) is 7.49. The number of hydrogen-bond acceptors (Lipinski definition) is 3. The lowest BCUT2D eigenvalue weighted by molar-refractivity contribution is 0.0989. The molecule has 0 spiro atoms. The van der Waals surface area contributed by atoms with Crippen LogP contribution in [-0.2, 0) is 6.54 Å². The van der Waals surface area contributed by atoms with Crippen molar-refractivity contribution in [3.8, 4) is 0 Å². The topological polar surface area (TPSA) is 9.72 Å². The van der Waals surface area contributed by atoms with Crippen LogP contribution in [0.5, 0.6) is 0 Å². The van der Waals surface area contributed by atoms with Gasteiger partial charge in [-0.2, -0.15) is 0 Å². The summed E-state index contributed by atoms with van der Waals surface area (Å²) < 4.78 is 0. The molecule has 2 bridgehead atoms. The Kier molecular flexibility index (Phi) is 3.73. The van der Waals surface area contributed by atoms with Crippen molar-refractivity contribution < 1.29 is 0 Å². The molecule has 2 heterocycles. The van der Waals surface area contributed by atoms with Gasteiger partial charge in [0.2, 0.25) is 0 Å². The van der Waals surface area contributed by atoms with Crippen LogP contribution in [0.25, 0.3) is 0 Å². The highest BCUT2D eigenvalue weighted by Crippen LogP contribution is 2.52. The monoisotopic (exact) mass is 355 g/mol. The van der Waals surface area contributed by atoms with E-state index >= 15 is 0 Å². The van der Waals surface area contributed by atoms with Crippen molar-refractivity contribution in [3.05, 3.63) is 95.1 Å². The Hall–Kier alpha value is -2.78. The van der Waals surface area contributed by atoms with E-state index in [-0.39, 0.29) is 12.3 Å². The van der Waals surface area contributed by atoms with Crippen molar-refractivity contribution in [1.82, 2.24) is 4.90 Å². The molecular formula is C24H25N3. The molecule has 136 valence electrons. The average Bonchev–Trinajstić information content (AvgIpc) is 2.69. The maximum Gasteiger partial charge on any atom is 0.112 e. The van der Waals surface area contributed by atoms with Crippen LogP contribution in [0.1, 0.15) is 34.6 Å². The molecule has 2 aliphatic rings. The Bertz CT molecular complexity index is 921. The quantitative estimate of drug-likeness (QED) is 0.634. The predicted molar refractivity (Wildman–Crippen MR) is 112 cm³/mol. The Morgan fingerprint density at radius 1 is 0.667 bits per heavy atom. The molecule has 2 unspecified atom stereocenters. The first kappa shape index (κ1) is 16.4. The predicted octanol–water partition coefficient (Wildman–Crippen LogP) is 5.09. The molecule has 2 aliphatic heterocycles. The van der Waals surface area contributed by atoms with E-state index in [0.29, 0.717) is 0 Å². The minimum atomic E-state index is 0.235. The van der Waals surface area contributed by atoms with Gasteiger partial charge < -0.3 is 9.80 Å². The summed E-state index contributed by atoms with van der Waals surface area (Å²) in [5.41, 5.74) is 8.07. The lowest BCUT2D eigenvalue weighted by atomic mass is 9.93. The zero-order chi connectivity index (χ0) is 18.5. The molecule has 2 atom stereocenters. The van der Waals surface area contributed by atoms with Gasteiger partial charge in [0.25, 0.3) is 0 Å². The molecule has 0 saturated carbocycles. The van der Waals surface area contributed by atoms with Crippen LogP contribution in [-0.4, -0.2) is 19.0 Å². The Morgan fingerprint density at radius 3 is 1.67 bits per heavy atom. The van der Waals surface area contributed by atoms with Crippen molar-refractivity contribution in [2.75, 3.05) is 23.9 Å². The van der Waals surface area contributed by atoms with E-state index in [1.54, 1.807) is 0 Å². The number of para-hydroxylation sites is 2. The van der Waals surface area contributed by atoms with E-state index in [1.165, 1.54) is 33.6 Å². The van der Waals surface area contributed by atoms with E-state index in [4.69, 9.17) is 0 Å². The lowest BCUT2D eigenvalue weighted by Crippen LogP contribution is -2.54. The third-order valence-electron chi connectivity index (χ3n) is 6.04. The van der Waals surface area contributed by atoms with Gasteiger partial charge in [-0.1, -0.05) is 66.2 Å². The van der Waals surface area contributed by atoms with Gasteiger partial charge in [0, 0.05) is 43.1 Å². The van der Waals surface area contributed by atoms with Gasteiger partial charge in [-0.25, -0.2) is 0 Å². The van der Waals surface area contributed by atoms with E-state index in [1.807, 2.05) is 0 Å². The van der Waals surface area contributed by atoms with Crippen LogP contribution in [0.3, 0.4) is 0 Å². The van der Waals surface area contributed by atoms with Crippen LogP contribution >= 0.6 is 0 Å². The van der Waals surface area contributed by atoms with Gasteiger partial charge in [-0.3, -0.25) is 4.90 Å². The molecule has 0 amide bonds. The zero-order valence-corrected chi connectivity index (χ0v) is 16.1. The fourth-order valence-corrected chi connectivity index (χ4v) is 4.75. The number of nitrogens with zero attached hydrogens (tertiary/aromatic N) is 3. The number of fused-ring (bicyclic) bond motifs is 6. The molecule has 0 fully saturated rings. The molecule has 0 N–H and O–H groups in total. The molecule has 3 aromatic carbocycles. The summed E-state index contributed by atoms with van der Waals surface area (Å²) in [5, 5.41) is 0. The van der Waals surface area contributed by atoms with E-state index in [9.17, 15) is 0 Å². The summed E-state index contributed by atoms with van der Waals surface area (Å²) in [6, 6.07) is 26.6. The fraction of sp³-hybridized carbons (Fsp3) is 0.250. The van der Waals surface area contributed by atoms with Crippen LogP contribution < -0.4 is 9.80 Å². The number of anilines is 2. The second kappa shape index (κ2) is 6.14. The number of benzene rings is 3. The van der Waals surface area contributed by atoms with Crippen molar-refractivity contribution >= 4 is 11.4 Å². The maximum atomic E-state index is 2.62. The van der Waals surface area contributed by atoms with Crippen LogP contribution in [0.15, 0.2) is 72.8 Å². The molecule has 0 radical (unpaired) electrons. The average molecular weight is 355 g/mol. The summed E-state index contributed by atoms with van der Waals surface area (Å²) in [5.74, 6) is 0. The Labute approximate surface area is 161 Å². The second-order valence-corrected chi connectivity index (χ2v) is 7.74. The summed E-state index contributed by atoms with van der Waals surface area (Å²) in [6.07, 6.45) is 0.470. The van der Waals surface area contributed by atoms with Gasteiger partial charge in [-0.05, 0) is 24.6 Å². The first-order valence-electron chi connectivity index (χ1n) is 9.60. The third-order valence-corrected chi connectivity index (χ3v) is 6.04. The molecule has 0 aromatic heterocycles. The van der Waals surface area contributed by atoms with Crippen molar-refractivity contribution in [3.63, 3.8) is 0 Å². The summed E-state index contributed by atoms with van der Waals surface area (Å²) >= 11 is 0. The lowest BCUT2D eigenvalue weighted by Gasteiger charge is -2.56. The van der Waals surface area contributed by atoms with E-state index in [2.05, 4.69) is 109 Å². The SMILES string of the molecule is Cc1ccc(CN2C3c4ccccc4N(C)C2c2ccccc2N3C)cc1. The summed E-state index contributed by atoms with van der Waals surface area (Å²) in [7, 11) is 4.45. The molecule has 5 rings (SSSR count). The van der Waals surface area contributed by atoms with Crippen molar-refractivity contribution in [2.24, 2.45) is 0 Å². The molecule has 3 heteroatoms. The molecular weight excluding hydrogens is 330 g/mol. The number of hydrogen-bond donors (Lipinski definition) is 0. The minimum Gasteiger partial charge on any atom is -0.354 e. The van der Waals surface area contributed by atoms with Crippen LogP contribution in [0.4, 0.5) is 11.4 Å². The highest BCUT2D eigenvalue weighted by atomic mass is 15.5. The molecule has 0 aliphatic carbocycles. The van der Waals surface area contributed by atoms with Crippen molar-refractivity contribution in [1.29, 1.82) is 0 Å². The van der Waals surface area contributed by atoms with Crippen LogP contribution in [0.2, 0.25) is 0 Å².